The second-order valence-corrected chi connectivity index (χ2v) is 10.5. The van der Waals surface area contributed by atoms with Gasteiger partial charge in [-0.25, -0.2) is 0 Å². The van der Waals surface area contributed by atoms with Gasteiger partial charge in [0.15, 0.2) is 0 Å². The summed E-state index contributed by atoms with van der Waals surface area (Å²) in [4.78, 5) is 30.8. The highest BCUT2D eigenvalue weighted by Crippen LogP contribution is 2.26. The number of ether oxygens (including phenoxy) is 1. The number of rotatable bonds is 11. The van der Waals surface area contributed by atoms with Crippen molar-refractivity contribution in [2.45, 2.75) is 51.2 Å². The highest BCUT2D eigenvalue weighted by molar-refractivity contribution is 6.33. The number of benzene rings is 2. The molecule has 202 valence electrons. The number of carbonyl (C=O) groups is 2. The Hall–Kier alpha value is -2.80. The van der Waals surface area contributed by atoms with Crippen LogP contribution in [0.1, 0.15) is 53.7 Å². The van der Waals surface area contributed by atoms with E-state index in [1.54, 1.807) is 36.3 Å². The van der Waals surface area contributed by atoms with E-state index in [4.69, 9.17) is 27.9 Å². The minimum absolute atomic E-state index is 0.0326. The minimum Gasteiger partial charge on any atom is -0.383 e. The first kappa shape index (κ1) is 28.2. The lowest BCUT2D eigenvalue weighted by Crippen LogP contribution is -2.48. The Bertz CT molecular complexity index is 1220. The molecule has 0 N–H and O–H groups in total. The summed E-state index contributed by atoms with van der Waals surface area (Å²) in [5.41, 5.74) is 2.44. The lowest BCUT2D eigenvalue weighted by molar-refractivity contribution is -0.135. The summed E-state index contributed by atoms with van der Waals surface area (Å²) in [6, 6.07) is 18.9. The van der Waals surface area contributed by atoms with Gasteiger partial charge in [0, 0.05) is 43.2 Å². The van der Waals surface area contributed by atoms with Crippen LogP contribution in [-0.2, 0) is 22.6 Å². The van der Waals surface area contributed by atoms with E-state index < -0.39 is 0 Å². The number of halogens is 2. The van der Waals surface area contributed by atoms with Crippen molar-refractivity contribution in [3.05, 3.63) is 93.7 Å². The first-order chi connectivity index (χ1) is 18.5. The molecule has 0 aliphatic heterocycles. The maximum atomic E-state index is 13.9. The zero-order valence-corrected chi connectivity index (χ0v) is 23.3. The molecular formula is C30H35Cl2N3O3. The highest BCUT2D eigenvalue weighted by Gasteiger charge is 2.29. The molecule has 1 fully saturated rings. The summed E-state index contributed by atoms with van der Waals surface area (Å²) < 4.78 is 7.39. The predicted molar refractivity (Wildman–Crippen MR) is 152 cm³/mol. The number of hydrogen-bond acceptors (Lipinski definition) is 3. The van der Waals surface area contributed by atoms with Gasteiger partial charge < -0.3 is 19.1 Å². The van der Waals surface area contributed by atoms with Gasteiger partial charge in [-0.1, -0.05) is 72.8 Å². The maximum Gasteiger partial charge on any atom is 0.255 e. The average molecular weight is 557 g/mol. The van der Waals surface area contributed by atoms with Crippen LogP contribution in [0.4, 0.5) is 0 Å². The van der Waals surface area contributed by atoms with Crippen LogP contribution in [0.5, 0.6) is 0 Å². The van der Waals surface area contributed by atoms with Gasteiger partial charge in [0.25, 0.3) is 5.91 Å². The van der Waals surface area contributed by atoms with Crippen LogP contribution in [-0.4, -0.2) is 59.0 Å². The van der Waals surface area contributed by atoms with Crippen molar-refractivity contribution in [2.75, 3.05) is 26.8 Å². The Balaban J connectivity index is 1.56. The van der Waals surface area contributed by atoms with Gasteiger partial charge in [0.05, 0.1) is 23.7 Å². The first-order valence-electron chi connectivity index (χ1n) is 13.2. The Morgan fingerprint density at radius 3 is 2.37 bits per heavy atom. The van der Waals surface area contributed by atoms with Gasteiger partial charge in [-0.15, -0.1) is 0 Å². The third-order valence-corrected chi connectivity index (χ3v) is 7.87. The van der Waals surface area contributed by atoms with Crippen molar-refractivity contribution in [3.63, 3.8) is 0 Å². The molecule has 0 saturated heterocycles. The predicted octanol–water partition coefficient (Wildman–Crippen LogP) is 6.29. The SMILES string of the molecule is COCCN(CC(=O)N(Cc1cccn1Cc1ccccc1Cl)C1CCCCC1)C(=O)c1ccccc1Cl. The van der Waals surface area contributed by atoms with E-state index in [1.165, 1.54) is 6.42 Å². The monoisotopic (exact) mass is 555 g/mol. The fourth-order valence-electron chi connectivity index (χ4n) is 5.06. The molecule has 1 heterocycles. The van der Waals surface area contributed by atoms with Crippen LogP contribution in [0.2, 0.25) is 10.0 Å². The summed E-state index contributed by atoms with van der Waals surface area (Å²) in [6.45, 7) is 1.69. The lowest BCUT2D eigenvalue weighted by Gasteiger charge is -2.36. The van der Waals surface area contributed by atoms with Crippen LogP contribution >= 0.6 is 23.2 Å². The molecule has 1 aliphatic rings. The van der Waals surface area contributed by atoms with Gasteiger partial charge in [0.2, 0.25) is 5.91 Å². The fraction of sp³-hybridized carbons (Fsp3) is 0.400. The van der Waals surface area contributed by atoms with E-state index in [1.807, 2.05) is 41.4 Å². The molecule has 2 aromatic carbocycles. The number of aromatic nitrogens is 1. The topological polar surface area (TPSA) is 54.8 Å². The second kappa shape index (κ2) is 13.8. The Morgan fingerprint density at radius 2 is 1.66 bits per heavy atom. The molecule has 4 rings (SSSR count). The van der Waals surface area contributed by atoms with Crippen LogP contribution < -0.4 is 0 Å². The van der Waals surface area contributed by atoms with E-state index in [9.17, 15) is 9.59 Å². The third-order valence-electron chi connectivity index (χ3n) is 7.17. The molecule has 0 spiro atoms. The molecule has 6 nitrogen and oxygen atoms in total. The molecule has 0 unspecified atom stereocenters. The molecule has 3 aromatic rings. The summed E-state index contributed by atoms with van der Waals surface area (Å²) in [7, 11) is 1.58. The Morgan fingerprint density at radius 1 is 0.947 bits per heavy atom. The summed E-state index contributed by atoms with van der Waals surface area (Å²) >= 11 is 12.7. The normalized spacial score (nSPS) is 13.9. The molecule has 0 atom stereocenters. The maximum absolute atomic E-state index is 13.9. The van der Waals surface area contributed by atoms with E-state index >= 15 is 0 Å². The quantitative estimate of drug-likeness (QED) is 0.279. The summed E-state index contributed by atoms with van der Waals surface area (Å²) in [5.74, 6) is -0.342. The molecule has 1 aliphatic carbocycles. The molecule has 0 radical (unpaired) electrons. The van der Waals surface area contributed by atoms with Crippen LogP contribution in [0.15, 0.2) is 66.9 Å². The van der Waals surface area contributed by atoms with Crippen LogP contribution in [0.3, 0.4) is 0 Å². The van der Waals surface area contributed by atoms with E-state index in [2.05, 4.69) is 10.6 Å². The van der Waals surface area contributed by atoms with Crippen molar-refractivity contribution in [1.82, 2.24) is 14.4 Å². The molecule has 1 saturated carbocycles. The van der Waals surface area contributed by atoms with Crippen LogP contribution in [0.25, 0.3) is 0 Å². The minimum atomic E-state index is -0.272. The summed E-state index contributed by atoms with van der Waals surface area (Å²) in [6.07, 6.45) is 7.34. The van der Waals surface area contributed by atoms with Crippen LogP contribution in [0, 0.1) is 0 Å². The van der Waals surface area contributed by atoms with Crippen molar-refractivity contribution in [3.8, 4) is 0 Å². The largest absolute Gasteiger partial charge is 0.383 e. The lowest BCUT2D eigenvalue weighted by atomic mass is 9.94. The van der Waals surface area contributed by atoms with Crippen molar-refractivity contribution >= 4 is 35.0 Å². The number of carbonyl (C=O) groups excluding carboxylic acids is 2. The smallest absolute Gasteiger partial charge is 0.255 e. The Kier molecular flexibility index (Phi) is 10.3. The van der Waals surface area contributed by atoms with Crippen molar-refractivity contribution < 1.29 is 14.3 Å². The van der Waals surface area contributed by atoms with E-state index in [0.29, 0.717) is 36.8 Å². The number of methoxy groups -OCH3 is 1. The number of nitrogens with zero attached hydrogens (tertiary/aromatic N) is 3. The van der Waals surface area contributed by atoms with Crippen molar-refractivity contribution in [1.29, 1.82) is 0 Å². The van der Waals surface area contributed by atoms with Gasteiger partial charge in [0.1, 0.15) is 6.54 Å². The molecule has 2 amide bonds. The fourth-order valence-corrected chi connectivity index (χ4v) is 5.47. The van der Waals surface area contributed by atoms with E-state index in [0.717, 1.165) is 42.0 Å². The third kappa shape index (κ3) is 7.19. The molecule has 1 aromatic heterocycles. The number of amides is 2. The molecular weight excluding hydrogens is 521 g/mol. The molecule has 38 heavy (non-hydrogen) atoms. The molecule has 8 heteroatoms. The molecule has 0 bridgehead atoms. The van der Waals surface area contributed by atoms with Crippen molar-refractivity contribution in [2.24, 2.45) is 0 Å². The second-order valence-electron chi connectivity index (χ2n) is 9.73. The highest BCUT2D eigenvalue weighted by atomic mass is 35.5. The van der Waals surface area contributed by atoms with E-state index in [-0.39, 0.29) is 24.4 Å². The summed E-state index contributed by atoms with van der Waals surface area (Å²) in [5, 5.41) is 1.09. The average Bonchev–Trinajstić information content (AvgIpc) is 3.37. The standard InChI is InChI=1S/C30H35Cl2N3O3/c1-38-19-18-34(30(37)26-14-6-8-16-28(26)32)22-29(36)35(24-11-3-2-4-12-24)21-25-13-9-17-33(25)20-23-10-5-7-15-27(23)31/h5-10,13-17,24H,2-4,11-12,18-22H2,1H3. The zero-order chi connectivity index (χ0) is 26.9. The van der Waals surface area contributed by atoms with Gasteiger partial charge >= 0.3 is 0 Å². The number of hydrogen-bond donors (Lipinski definition) is 0. The van der Waals surface area contributed by atoms with Gasteiger partial charge in [-0.3, -0.25) is 9.59 Å². The first-order valence-corrected chi connectivity index (χ1v) is 13.9. The van der Waals surface area contributed by atoms with Gasteiger partial charge in [-0.05, 0) is 48.7 Å². The van der Waals surface area contributed by atoms with Gasteiger partial charge in [-0.2, -0.15) is 0 Å². The zero-order valence-electron chi connectivity index (χ0n) is 21.8. The Labute approximate surface area is 235 Å².